The molecule has 21 heteroatoms. The van der Waals surface area contributed by atoms with E-state index in [1.165, 1.54) is 6.92 Å². The first-order chi connectivity index (χ1) is 44.2. The molecule has 0 saturated carbocycles. The van der Waals surface area contributed by atoms with E-state index in [2.05, 4.69) is 59.4 Å². The molecule has 378 valence electrons. The van der Waals surface area contributed by atoms with Crippen LogP contribution in [0.5, 0.6) is 0 Å². The molecule has 0 aromatic carbocycles. The van der Waals surface area contributed by atoms with Gasteiger partial charge in [0.25, 0.3) is 19.5 Å². The van der Waals surface area contributed by atoms with Gasteiger partial charge < -0.3 is 58.9 Å². The third-order valence-corrected chi connectivity index (χ3v) is 11.9. The number of aryl methyl sites for hydroxylation is 3. The number of amides is 3. The molecule has 6 aromatic heterocycles. The van der Waals surface area contributed by atoms with Crippen molar-refractivity contribution in [2.75, 3.05) is 94.4 Å². The standard InChI is InChI=1S/3C17H22N6O/c3*1-11-5-6-23(15(24)8-18-3)9-14(11)22(4)17-13-7-12(2)21-16(13)19-10-20-17/h3*7,10-11,14H,5-6,8-9H2,1-2,4H3,(H,19,20,21)/t3*11-,14+/m111/s1/i4D3,7D,8D2,11D,14D;1D3,4D3,7D,8D2,14D;4D3,7D,8D2,14D. The lowest BCUT2D eigenvalue weighted by molar-refractivity contribution is -0.131. The second kappa shape index (κ2) is 22.9. The van der Waals surface area contributed by atoms with Crippen LogP contribution in [0.4, 0.5) is 17.5 Å². The predicted octanol–water partition coefficient (Wildman–Crippen LogP) is 5.58. The van der Waals surface area contributed by atoms with Gasteiger partial charge in [0.15, 0.2) is 0 Å². The zero-order valence-corrected chi connectivity index (χ0v) is 39.7. The van der Waals surface area contributed by atoms with Crippen molar-refractivity contribution in [1.82, 2.24) is 59.6 Å². The summed E-state index contributed by atoms with van der Waals surface area (Å²) >= 11 is 0. The number of aromatic amines is 3. The SMILES string of the molecule is [2H]c1c(C)[nH]c2ncnc(N(C([2H])([2H])[2H])[C@@]3([2H])CN(C(=O)C([2H])([2H])[N+]#[C-])CC[C@@]3([2H])C)c12.[2H]c1c(C)[nH]c2ncnc(N(C([2H])([2H])[2H])[C@@]3([2H])CN(C(=O)C([2H])([2H])[N+]#[C-])CC[C@H]3C([2H])([2H])[2H])c12.[2H]c1c(C)[nH]c2ncnc(N(C([2H])([2H])[2H])[C@@]3([2H])CN(C(=O)C([2H])([2H])[N+]#[C-])CC[C@H]3C)c12. The molecule has 9 heterocycles. The van der Waals surface area contributed by atoms with Gasteiger partial charge >= 0.3 is 17.7 Å². The molecule has 3 amide bonds. The van der Waals surface area contributed by atoms with Gasteiger partial charge in [-0.2, -0.15) is 0 Å². The molecule has 0 unspecified atom stereocenters. The van der Waals surface area contributed by atoms with Gasteiger partial charge in [-0.1, -0.05) is 20.7 Å². The summed E-state index contributed by atoms with van der Waals surface area (Å²) in [4.78, 5) is 83.4. The Morgan fingerprint density at radius 2 is 0.958 bits per heavy atom. The van der Waals surface area contributed by atoms with E-state index in [-0.39, 0.29) is 108 Å². The number of anilines is 3. The molecule has 72 heavy (non-hydrogen) atoms. The van der Waals surface area contributed by atoms with Crippen LogP contribution in [0, 0.1) is 58.2 Å². The molecule has 3 N–H and O–H groups in total. The summed E-state index contributed by atoms with van der Waals surface area (Å²) in [7, 11) is 0. The summed E-state index contributed by atoms with van der Waals surface area (Å²) in [5.74, 6) is -8.24. The Morgan fingerprint density at radius 3 is 1.33 bits per heavy atom. The topological polar surface area (TPSA) is 208 Å². The number of piperidine rings is 3. The van der Waals surface area contributed by atoms with Gasteiger partial charge in [-0.3, -0.25) is 14.4 Å². The number of nitrogens with one attached hydrogen (secondary N) is 3. The molecule has 0 bridgehead atoms. The monoisotopic (exact) mass is 1000 g/mol. The fourth-order valence-electron chi connectivity index (χ4n) is 8.14. The number of likely N-dealkylation sites (N-methyl/N-ethyl adjacent to an activating group) is 3. The third kappa shape index (κ3) is 11.5. The number of H-pyrrole nitrogens is 3. The molecule has 0 radical (unpaired) electrons. The number of nitrogens with zero attached hydrogens (tertiary/aromatic N) is 15. The molecule has 3 aliphatic rings. The summed E-state index contributed by atoms with van der Waals surface area (Å²) in [6, 6.07) is -6.97. The van der Waals surface area contributed by atoms with E-state index >= 15 is 0 Å². The van der Waals surface area contributed by atoms with Crippen LogP contribution in [-0.2, 0) is 14.4 Å². The van der Waals surface area contributed by atoms with Crippen molar-refractivity contribution in [3.05, 3.63) is 88.4 Å². The van der Waals surface area contributed by atoms with Gasteiger partial charge in [-0.15, -0.1) is 0 Å². The van der Waals surface area contributed by atoms with E-state index in [1.807, 2.05) is 0 Å². The van der Waals surface area contributed by atoms with Crippen molar-refractivity contribution in [2.45, 2.75) is 78.8 Å². The minimum Gasteiger partial charge on any atom is -0.354 e. The number of hydrogen-bond acceptors (Lipinski definition) is 12. The number of carbonyl (C=O) groups is 3. The average molecular weight is 1000 g/mol. The van der Waals surface area contributed by atoms with Crippen LogP contribution in [-0.4, -0.2) is 175 Å². The molecule has 9 rings (SSSR count). The summed E-state index contributed by atoms with van der Waals surface area (Å²) in [5, 5.41) is 0.172. The Morgan fingerprint density at radius 1 is 0.611 bits per heavy atom. The van der Waals surface area contributed by atoms with Gasteiger partial charge in [-0.05, 0) is 75.9 Å². The number of hydrogen-bond donors (Lipinski definition) is 3. The lowest BCUT2D eigenvalue weighted by Crippen LogP contribution is -2.53. The van der Waals surface area contributed by atoms with Crippen LogP contribution in [0.15, 0.2) is 37.1 Å². The molecule has 3 saturated heterocycles. The van der Waals surface area contributed by atoms with Crippen LogP contribution in [0.1, 0.15) is 91.3 Å². The van der Waals surface area contributed by atoms with Crippen LogP contribution in [0.25, 0.3) is 47.6 Å². The van der Waals surface area contributed by atoms with Crippen LogP contribution in [0.2, 0.25) is 0 Å². The van der Waals surface area contributed by atoms with Crippen molar-refractivity contribution in [1.29, 1.82) is 0 Å². The van der Waals surface area contributed by atoms with Gasteiger partial charge in [0.05, 0.1) is 42.4 Å². The van der Waals surface area contributed by atoms with Crippen molar-refractivity contribution in [2.24, 2.45) is 17.7 Å². The smallest absolute Gasteiger partial charge is 0.302 e. The third-order valence-electron chi connectivity index (χ3n) is 11.9. The van der Waals surface area contributed by atoms with E-state index in [0.29, 0.717) is 26.9 Å². The van der Waals surface area contributed by atoms with E-state index in [0.717, 1.165) is 38.6 Å². The predicted molar refractivity (Wildman–Crippen MR) is 278 cm³/mol. The molecule has 3 fully saturated rings. The Bertz CT molecular complexity index is 4150. The number of carbonyl (C=O) groups excluding carboxylic acids is 3. The largest absolute Gasteiger partial charge is 0.354 e. The van der Waals surface area contributed by atoms with Crippen molar-refractivity contribution in [3.8, 4) is 0 Å². The maximum Gasteiger partial charge on any atom is 0.302 e. The number of rotatable bonds is 9. The zero-order chi connectivity index (χ0) is 73.5. The maximum atomic E-state index is 12.7. The van der Waals surface area contributed by atoms with Crippen molar-refractivity contribution < 1.29 is 48.7 Å². The molecule has 21 nitrogen and oxygen atoms in total. The second-order valence-electron chi connectivity index (χ2n) is 16.7. The molecule has 0 spiro atoms. The zero-order valence-electron chi connectivity index (χ0n) is 64.7. The molecule has 6 atom stereocenters. The van der Waals surface area contributed by atoms with Gasteiger partial charge in [-0.25, -0.2) is 49.6 Å². The molecule has 6 aromatic rings. The van der Waals surface area contributed by atoms with Crippen molar-refractivity contribution in [3.63, 3.8) is 0 Å². The normalized spacial score (nSPS) is 31.3. The molecule has 0 aliphatic carbocycles. The quantitative estimate of drug-likeness (QED) is 0.152. The highest BCUT2D eigenvalue weighted by Gasteiger charge is 2.36. The fourth-order valence-corrected chi connectivity index (χ4v) is 8.14. The first-order valence-electron chi connectivity index (χ1n) is 34.6. The summed E-state index contributed by atoms with van der Waals surface area (Å²) in [5.41, 5.74) is 1.77. The fraction of sp³-hybridized carbons (Fsp3) is 0.529. The minimum absolute atomic E-state index is 0.00387. The number of aromatic nitrogens is 9. The maximum absolute atomic E-state index is 12.7. The summed E-state index contributed by atoms with van der Waals surface area (Å²) < 4.78 is 204. The Labute approximate surface area is 456 Å². The van der Waals surface area contributed by atoms with E-state index in [1.54, 1.807) is 27.7 Å². The molecule has 3 aliphatic heterocycles. The van der Waals surface area contributed by atoms with Crippen LogP contribution < -0.4 is 14.7 Å². The van der Waals surface area contributed by atoms with Crippen LogP contribution >= 0.6 is 0 Å². The highest BCUT2D eigenvalue weighted by Crippen LogP contribution is 2.32. The second-order valence-corrected chi connectivity index (χ2v) is 16.7. The van der Waals surface area contributed by atoms with Crippen molar-refractivity contribution >= 4 is 68.3 Å². The van der Waals surface area contributed by atoms with Gasteiger partial charge in [0.2, 0.25) is 0 Å². The highest BCUT2D eigenvalue weighted by molar-refractivity contribution is 5.90. The minimum atomic E-state index is -3.14. The number of likely N-dealkylation sites (tertiary alicyclic amines) is 3. The van der Waals surface area contributed by atoms with E-state index < -0.39 is 120 Å². The average Bonchev–Trinajstić information content (AvgIpc) is 1.62. The summed E-state index contributed by atoms with van der Waals surface area (Å²) in [6.07, 6.45) is 2.98. The van der Waals surface area contributed by atoms with E-state index in [9.17, 15) is 15.8 Å². The lowest BCUT2D eigenvalue weighted by atomic mass is 9.92. The Balaban J connectivity index is 0.000000205. The molecular weight excluding hydrogens is 913 g/mol. The van der Waals surface area contributed by atoms with Gasteiger partial charge in [0, 0.05) is 95.1 Å². The molecular formula is C51H66N18O3. The van der Waals surface area contributed by atoms with Gasteiger partial charge in [0.1, 0.15) is 61.6 Å². The Kier molecular flexibility index (Phi) is 8.99. The highest BCUT2D eigenvalue weighted by atomic mass is 16.2. The number of fused-ring (bicyclic) bond motifs is 3. The van der Waals surface area contributed by atoms with Crippen LogP contribution in [0.3, 0.4) is 0 Å². The Hall–Kier alpha value is -7.86. The van der Waals surface area contributed by atoms with E-state index in [4.69, 9.17) is 52.6 Å². The lowest BCUT2D eigenvalue weighted by Gasteiger charge is -2.41. The summed E-state index contributed by atoms with van der Waals surface area (Å²) in [6.45, 7) is 6.00. The first kappa shape index (κ1) is 28.2. The first-order valence-corrected chi connectivity index (χ1v) is 22.1.